The SMILES string of the molecule is CC(C)(C)c1nnc(Cn2c(=O)c(C#N)cn(C3CC3)c2=O)o1. The molecule has 0 radical (unpaired) electrons. The lowest BCUT2D eigenvalue weighted by atomic mass is 9.97. The van der Waals surface area contributed by atoms with Crippen LogP contribution in [-0.2, 0) is 12.0 Å². The predicted molar refractivity (Wildman–Crippen MR) is 80.0 cm³/mol. The van der Waals surface area contributed by atoms with Crippen LogP contribution < -0.4 is 11.2 Å². The van der Waals surface area contributed by atoms with Crippen LogP contribution in [0.1, 0.15) is 57.0 Å². The molecule has 1 saturated carbocycles. The first-order valence-electron chi connectivity index (χ1n) is 7.40. The number of hydrogen-bond donors (Lipinski definition) is 0. The number of rotatable bonds is 3. The summed E-state index contributed by atoms with van der Waals surface area (Å²) in [5.74, 6) is 0.603. The van der Waals surface area contributed by atoms with Gasteiger partial charge in [-0.3, -0.25) is 9.36 Å². The number of hydrogen-bond acceptors (Lipinski definition) is 6. The van der Waals surface area contributed by atoms with Crippen molar-refractivity contribution in [2.45, 2.75) is 51.6 Å². The maximum absolute atomic E-state index is 12.5. The van der Waals surface area contributed by atoms with E-state index in [9.17, 15) is 9.59 Å². The molecule has 2 heterocycles. The molecule has 0 atom stereocenters. The van der Waals surface area contributed by atoms with Gasteiger partial charge in [-0.1, -0.05) is 20.8 Å². The van der Waals surface area contributed by atoms with Crippen LogP contribution in [0, 0.1) is 11.3 Å². The van der Waals surface area contributed by atoms with Crippen molar-refractivity contribution < 1.29 is 4.42 Å². The van der Waals surface area contributed by atoms with Crippen molar-refractivity contribution in [3.05, 3.63) is 44.4 Å². The average molecular weight is 315 g/mol. The third-order valence-electron chi connectivity index (χ3n) is 3.66. The third-order valence-corrected chi connectivity index (χ3v) is 3.66. The average Bonchev–Trinajstić information content (AvgIpc) is 3.20. The molecule has 1 aliphatic carbocycles. The Bertz CT molecular complexity index is 903. The van der Waals surface area contributed by atoms with E-state index in [1.54, 1.807) is 0 Å². The van der Waals surface area contributed by atoms with Crippen molar-refractivity contribution in [3.63, 3.8) is 0 Å². The Morgan fingerprint density at radius 1 is 1.35 bits per heavy atom. The fourth-order valence-corrected chi connectivity index (χ4v) is 2.21. The van der Waals surface area contributed by atoms with E-state index < -0.39 is 11.2 Å². The summed E-state index contributed by atoms with van der Waals surface area (Å²) in [6, 6.07) is 1.91. The van der Waals surface area contributed by atoms with Gasteiger partial charge in [-0.15, -0.1) is 10.2 Å². The molecular weight excluding hydrogens is 298 g/mol. The molecule has 23 heavy (non-hydrogen) atoms. The minimum Gasteiger partial charge on any atom is -0.423 e. The maximum Gasteiger partial charge on any atom is 0.331 e. The Kier molecular flexibility index (Phi) is 3.43. The van der Waals surface area contributed by atoms with Crippen LogP contribution in [-0.4, -0.2) is 19.3 Å². The summed E-state index contributed by atoms with van der Waals surface area (Å²) in [7, 11) is 0. The van der Waals surface area contributed by atoms with Crippen LogP contribution in [0.3, 0.4) is 0 Å². The monoisotopic (exact) mass is 315 g/mol. The minimum absolute atomic E-state index is 0.0629. The Balaban J connectivity index is 2.04. The standard InChI is InChI=1S/C15H17N5O3/c1-15(2,3)13-18-17-11(23-13)8-20-12(21)9(6-16)7-19(14(20)22)10-4-5-10/h7,10H,4-5,8H2,1-3H3. The van der Waals surface area contributed by atoms with E-state index >= 15 is 0 Å². The van der Waals surface area contributed by atoms with E-state index in [-0.39, 0.29) is 29.5 Å². The Labute approximate surface area is 132 Å². The summed E-state index contributed by atoms with van der Waals surface area (Å²) < 4.78 is 7.97. The van der Waals surface area contributed by atoms with Gasteiger partial charge in [0, 0.05) is 17.7 Å². The highest BCUT2D eigenvalue weighted by Crippen LogP contribution is 2.33. The number of nitriles is 1. The van der Waals surface area contributed by atoms with E-state index in [0.29, 0.717) is 5.89 Å². The van der Waals surface area contributed by atoms with Crippen LogP contribution in [0.15, 0.2) is 20.2 Å². The topological polar surface area (TPSA) is 107 Å². The third kappa shape index (κ3) is 2.82. The quantitative estimate of drug-likeness (QED) is 0.834. The maximum atomic E-state index is 12.5. The van der Waals surface area contributed by atoms with E-state index in [0.717, 1.165) is 17.4 Å². The van der Waals surface area contributed by atoms with Gasteiger partial charge in [0.25, 0.3) is 5.56 Å². The van der Waals surface area contributed by atoms with Gasteiger partial charge in [-0.2, -0.15) is 5.26 Å². The molecule has 0 bridgehead atoms. The number of nitrogens with zero attached hydrogens (tertiary/aromatic N) is 5. The van der Waals surface area contributed by atoms with Crippen molar-refractivity contribution in [1.82, 2.24) is 19.3 Å². The van der Waals surface area contributed by atoms with Gasteiger partial charge in [0.1, 0.15) is 18.2 Å². The molecule has 0 amide bonds. The molecule has 3 rings (SSSR count). The zero-order chi connectivity index (χ0) is 16.8. The van der Waals surface area contributed by atoms with Crippen molar-refractivity contribution in [1.29, 1.82) is 5.26 Å². The first-order chi connectivity index (χ1) is 10.8. The van der Waals surface area contributed by atoms with Gasteiger partial charge in [0.05, 0.1) is 0 Å². The zero-order valence-electron chi connectivity index (χ0n) is 13.2. The summed E-state index contributed by atoms with van der Waals surface area (Å²) >= 11 is 0. The van der Waals surface area contributed by atoms with E-state index in [2.05, 4.69) is 10.2 Å². The largest absolute Gasteiger partial charge is 0.423 e. The first-order valence-corrected chi connectivity index (χ1v) is 7.40. The molecule has 1 aliphatic rings. The summed E-state index contributed by atoms with van der Waals surface area (Å²) in [5, 5.41) is 17.0. The van der Waals surface area contributed by atoms with Crippen LogP contribution >= 0.6 is 0 Å². The predicted octanol–water partition coefficient (Wildman–Crippen LogP) is 0.945. The molecule has 0 aliphatic heterocycles. The molecule has 1 fully saturated rings. The fraction of sp³-hybridized carbons (Fsp3) is 0.533. The van der Waals surface area contributed by atoms with Gasteiger partial charge in [0.15, 0.2) is 0 Å². The van der Waals surface area contributed by atoms with Crippen molar-refractivity contribution >= 4 is 0 Å². The Hall–Kier alpha value is -2.69. The molecule has 0 saturated heterocycles. The molecule has 8 heteroatoms. The normalized spacial score (nSPS) is 14.7. The lowest BCUT2D eigenvalue weighted by Crippen LogP contribution is -2.41. The highest BCUT2D eigenvalue weighted by Gasteiger charge is 2.27. The lowest BCUT2D eigenvalue weighted by molar-refractivity contribution is 0.363. The fourth-order valence-electron chi connectivity index (χ4n) is 2.21. The van der Waals surface area contributed by atoms with Crippen molar-refractivity contribution in [2.24, 2.45) is 0 Å². The molecule has 8 nitrogen and oxygen atoms in total. The summed E-state index contributed by atoms with van der Waals surface area (Å²) in [5.41, 5.74) is -1.47. The second-order valence-corrected chi connectivity index (χ2v) is 6.72. The van der Waals surface area contributed by atoms with E-state index in [1.807, 2.05) is 26.8 Å². The zero-order valence-corrected chi connectivity index (χ0v) is 13.2. The molecule has 0 spiro atoms. The van der Waals surface area contributed by atoms with Gasteiger partial charge in [-0.05, 0) is 12.8 Å². The van der Waals surface area contributed by atoms with Gasteiger partial charge in [-0.25, -0.2) is 9.36 Å². The van der Waals surface area contributed by atoms with Crippen molar-refractivity contribution in [2.75, 3.05) is 0 Å². The van der Waals surface area contributed by atoms with Gasteiger partial charge in [0.2, 0.25) is 11.8 Å². The molecule has 0 unspecified atom stereocenters. The highest BCUT2D eigenvalue weighted by molar-refractivity contribution is 5.23. The van der Waals surface area contributed by atoms with Crippen LogP contribution in [0.2, 0.25) is 0 Å². The van der Waals surface area contributed by atoms with Gasteiger partial charge >= 0.3 is 5.69 Å². The molecule has 0 aromatic carbocycles. The minimum atomic E-state index is -0.634. The second-order valence-electron chi connectivity index (χ2n) is 6.72. The summed E-state index contributed by atoms with van der Waals surface area (Å²) in [6.45, 7) is 5.63. The van der Waals surface area contributed by atoms with Crippen LogP contribution in [0.25, 0.3) is 0 Å². The van der Waals surface area contributed by atoms with E-state index in [1.165, 1.54) is 10.8 Å². The molecule has 2 aromatic heterocycles. The van der Waals surface area contributed by atoms with Gasteiger partial charge < -0.3 is 4.42 Å². The molecule has 2 aromatic rings. The summed E-state index contributed by atoms with van der Waals surface area (Å²) in [6.07, 6.45) is 3.09. The smallest absolute Gasteiger partial charge is 0.331 e. The Morgan fingerprint density at radius 3 is 2.57 bits per heavy atom. The van der Waals surface area contributed by atoms with Crippen LogP contribution in [0.4, 0.5) is 0 Å². The van der Waals surface area contributed by atoms with Crippen molar-refractivity contribution in [3.8, 4) is 6.07 Å². The molecular formula is C15H17N5O3. The molecule has 120 valence electrons. The highest BCUT2D eigenvalue weighted by atomic mass is 16.4. The second kappa shape index (κ2) is 5.19. The first kappa shape index (κ1) is 15.2. The molecule has 0 N–H and O–H groups in total. The van der Waals surface area contributed by atoms with Crippen LogP contribution in [0.5, 0.6) is 0 Å². The van der Waals surface area contributed by atoms with E-state index in [4.69, 9.17) is 9.68 Å². The lowest BCUT2D eigenvalue weighted by Gasteiger charge is -2.11. The Morgan fingerprint density at radius 2 is 2.04 bits per heavy atom. The summed E-state index contributed by atoms with van der Waals surface area (Å²) in [4.78, 5) is 24.7. The number of aromatic nitrogens is 4.